The van der Waals surface area contributed by atoms with Gasteiger partial charge in [-0.15, -0.1) is 0 Å². The van der Waals surface area contributed by atoms with E-state index in [9.17, 15) is 0 Å². The van der Waals surface area contributed by atoms with Crippen molar-refractivity contribution < 1.29 is 4.84 Å². The number of nitrogens with zero attached hydrogens (tertiary/aromatic N) is 3. The maximum absolute atomic E-state index is 5.35. The third kappa shape index (κ3) is 2.05. The molecule has 2 aromatic heterocycles. The molecule has 66 valence electrons. The maximum atomic E-state index is 5.35. The molecule has 2 heterocycles. The highest BCUT2D eigenvalue weighted by atomic mass is 16.7. The average molecular weight is 175 g/mol. The molecule has 0 radical (unpaired) electrons. The summed E-state index contributed by atoms with van der Waals surface area (Å²) in [5, 5.41) is 0. The summed E-state index contributed by atoms with van der Waals surface area (Å²) < 4.78 is 1.56. The SMILES string of the molecule is c1cncc(COn2ccnc2)c1. The van der Waals surface area contributed by atoms with Crippen molar-refractivity contribution in [1.82, 2.24) is 14.7 Å². The highest BCUT2D eigenvalue weighted by molar-refractivity contribution is 5.06. The van der Waals surface area contributed by atoms with Crippen LogP contribution in [0.2, 0.25) is 0 Å². The van der Waals surface area contributed by atoms with Gasteiger partial charge in [0.25, 0.3) is 0 Å². The Bertz CT molecular complexity index is 344. The molecule has 0 amide bonds. The first-order valence-electron chi connectivity index (χ1n) is 3.95. The van der Waals surface area contributed by atoms with Crippen LogP contribution in [0.25, 0.3) is 0 Å². The van der Waals surface area contributed by atoms with Crippen LogP contribution in [0.5, 0.6) is 0 Å². The Morgan fingerprint density at radius 1 is 1.31 bits per heavy atom. The van der Waals surface area contributed by atoms with Gasteiger partial charge < -0.3 is 4.84 Å². The second-order valence-electron chi connectivity index (χ2n) is 2.56. The van der Waals surface area contributed by atoms with E-state index in [-0.39, 0.29) is 0 Å². The van der Waals surface area contributed by atoms with Crippen molar-refractivity contribution >= 4 is 0 Å². The highest BCUT2D eigenvalue weighted by Gasteiger charge is 1.92. The molecule has 0 atom stereocenters. The van der Waals surface area contributed by atoms with Gasteiger partial charge in [0.15, 0.2) is 0 Å². The predicted octanol–water partition coefficient (Wildman–Crippen LogP) is 0.907. The van der Waals surface area contributed by atoms with Gasteiger partial charge in [-0.05, 0) is 6.07 Å². The second kappa shape index (κ2) is 3.71. The van der Waals surface area contributed by atoms with Crippen molar-refractivity contribution in [1.29, 1.82) is 0 Å². The molecule has 0 saturated carbocycles. The average Bonchev–Trinajstić information content (AvgIpc) is 2.69. The molecule has 2 rings (SSSR count). The molecular weight excluding hydrogens is 166 g/mol. The zero-order valence-corrected chi connectivity index (χ0v) is 7.00. The summed E-state index contributed by atoms with van der Waals surface area (Å²) in [7, 11) is 0. The van der Waals surface area contributed by atoms with E-state index >= 15 is 0 Å². The topological polar surface area (TPSA) is 39.9 Å². The lowest BCUT2D eigenvalue weighted by atomic mass is 10.3. The van der Waals surface area contributed by atoms with Gasteiger partial charge in [-0.1, -0.05) is 6.07 Å². The van der Waals surface area contributed by atoms with Crippen LogP contribution in [0, 0.1) is 0 Å². The Morgan fingerprint density at radius 2 is 2.31 bits per heavy atom. The van der Waals surface area contributed by atoms with E-state index in [4.69, 9.17) is 4.84 Å². The van der Waals surface area contributed by atoms with Gasteiger partial charge in [0.1, 0.15) is 12.9 Å². The minimum atomic E-state index is 0.504. The fraction of sp³-hybridized carbons (Fsp3) is 0.111. The van der Waals surface area contributed by atoms with E-state index in [2.05, 4.69) is 9.97 Å². The van der Waals surface area contributed by atoms with Gasteiger partial charge in [0, 0.05) is 24.2 Å². The van der Waals surface area contributed by atoms with Gasteiger partial charge in [-0.3, -0.25) is 4.98 Å². The number of imidazole rings is 1. The summed E-state index contributed by atoms with van der Waals surface area (Å²) in [4.78, 5) is 13.2. The summed E-state index contributed by atoms with van der Waals surface area (Å²) >= 11 is 0. The van der Waals surface area contributed by atoms with E-state index in [1.807, 2.05) is 12.1 Å². The largest absolute Gasteiger partial charge is 0.408 e. The minimum Gasteiger partial charge on any atom is -0.408 e. The van der Waals surface area contributed by atoms with Crippen molar-refractivity contribution in [2.45, 2.75) is 6.61 Å². The fourth-order valence-electron chi connectivity index (χ4n) is 0.956. The van der Waals surface area contributed by atoms with Crippen LogP contribution in [0.4, 0.5) is 0 Å². The Labute approximate surface area is 75.8 Å². The zero-order valence-electron chi connectivity index (χ0n) is 7.00. The van der Waals surface area contributed by atoms with E-state index < -0.39 is 0 Å². The number of pyridine rings is 1. The first-order valence-corrected chi connectivity index (χ1v) is 3.95. The van der Waals surface area contributed by atoms with Gasteiger partial charge in [-0.25, -0.2) is 4.98 Å². The molecule has 0 aliphatic rings. The Balaban J connectivity index is 1.94. The van der Waals surface area contributed by atoms with Gasteiger partial charge >= 0.3 is 0 Å². The Hall–Kier alpha value is -1.84. The van der Waals surface area contributed by atoms with E-state index in [0.717, 1.165) is 5.56 Å². The molecule has 0 aliphatic heterocycles. The maximum Gasteiger partial charge on any atom is 0.141 e. The van der Waals surface area contributed by atoms with Crippen LogP contribution in [0.1, 0.15) is 5.56 Å². The third-order valence-electron chi connectivity index (χ3n) is 1.58. The van der Waals surface area contributed by atoms with Crippen LogP contribution < -0.4 is 4.84 Å². The lowest BCUT2D eigenvalue weighted by molar-refractivity contribution is 0.0967. The molecular formula is C9H9N3O. The van der Waals surface area contributed by atoms with Crippen LogP contribution in [-0.4, -0.2) is 14.7 Å². The summed E-state index contributed by atoms with van der Waals surface area (Å²) in [6, 6.07) is 3.84. The van der Waals surface area contributed by atoms with Crippen LogP contribution >= 0.6 is 0 Å². The second-order valence-corrected chi connectivity index (χ2v) is 2.56. The zero-order chi connectivity index (χ0) is 8.93. The number of aromatic nitrogens is 3. The monoisotopic (exact) mass is 175 g/mol. The molecule has 0 fully saturated rings. The van der Waals surface area contributed by atoms with Gasteiger partial charge in [0.05, 0.1) is 6.20 Å². The first kappa shape index (κ1) is 7.79. The molecule has 0 saturated heterocycles. The van der Waals surface area contributed by atoms with Crippen molar-refractivity contribution in [3.8, 4) is 0 Å². The standard InChI is InChI=1S/C9H9N3O/c1-2-9(6-10-3-1)7-13-12-5-4-11-8-12/h1-6,8H,7H2. The molecule has 0 aromatic carbocycles. The Morgan fingerprint density at radius 3 is 3.00 bits per heavy atom. The number of hydrogen-bond donors (Lipinski definition) is 0. The van der Waals surface area contributed by atoms with Gasteiger partial charge in [0.2, 0.25) is 0 Å². The minimum absolute atomic E-state index is 0.504. The van der Waals surface area contributed by atoms with Crippen LogP contribution in [-0.2, 0) is 6.61 Å². The lowest BCUT2D eigenvalue weighted by Gasteiger charge is -2.04. The van der Waals surface area contributed by atoms with Crippen molar-refractivity contribution in [2.75, 3.05) is 0 Å². The molecule has 0 spiro atoms. The van der Waals surface area contributed by atoms with E-state index in [0.29, 0.717) is 6.61 Å². The fourth-order valence-corrected chi connectivity index (χ4v) is 0.956. The molecule has 0 unspecified atom stereocenters. The van der Waals surface area contributed by atoms with Crippen molar-refractivity contribution in [2.24, 2.45) is 0 Å². The van der Waals surface area contributed by atoms with Crippen LogP contribution in [0.15, 0.2) is 43.2 Å². The number of rotatable bonds is 3. The molecule has 0 N–H and O–H groups in total. The first-order chi connectivity index (χ1) is 6.45. The molecule has 0 aliphatic carbocycles. The summed E-state index contributed by atoms with van der Waals surface area (Å²) in [6.07, 6.45) is 8.54. The van der Waals surface area contributed by atoms with Crippen LogP contribution in [0.3, 0.4) is 0 Å². The lowest BCUT2D eigenvalue weighted by Crippen LogP contribution is -2.08. The third-order valence-corrected chi connectivity index (χ3v) is 1.58. The number of hydrogen-bond acceptors (Lipinski definition) is 3. The molecule has 4 heteroatoms. The van der Waals surface area contributed by atoms with Crippen molar-refractivity contribution in [3.05, 3.63) is 48.8 Å². The van der Waals surface area contributed by atoms with Crippen molar-refractivity contribution in [3.63, 3.8) is 0 Å². The van der Waals surface area contributed by atoms with E-state index in [1.54, 1.807) is 35.8 Å². The summed E-state index contributed by atoms with van der Waals surface area (Å²) in [5.74, 6) is 0. The normalized spacial score (nSPS) is 9.85. The van der Waals surface area contributed by atoms with E-state index in [1.165, 1.54) is 0 Å². The summed E-state index contributed by atoms with van der Waals surface area (Å²) in [5.41, 5.74) is 1.04. The molecule has 0 bridgehead atoms. The molecule has 4 nitrogen and oxygen atoms in total. The smallest absolute Gasteiger partial charge is 0.141 e. The highest BCUT2D eigenvalue weighted by Crippen LogP contribution is 1.95. The summed E-state index contributed by atoms with van der Waals surface area (Å²) in [6.45, 7) is 0.504. The molecule has 13 heavy (non-hydrogen) atoms. The Kier molecular flexibility index (Phi) is 2.22. The van der Waals surface area contributed by atoms with Gasteiger partial charge in [-0.2, -0.15) is 4.73 Å². The molecule has 2 aromatic rings. The predicted molar refractivity (Wildman–Crippen MR) is 46.7 cm³/mol. The quantitative estimate of drug-likeness (QED) is 0.696.